The van der Waals surface area contributed by atoms with Crippen LogP contribution in [0.25, 0.3) is 0 Å². The number of amides is 1. The summed E-state index contributed by atoms with van der Waals surface area (Å²) in [6.45, 7) is 12.2. The van der Waals surface area contributed by atoms with Gasteiger partial charge in [-0.2, -0.15) is 0 Å². The van der Waals surface area contributed by atoms with Crippen molar-refractivity contribution >= 4 is 27.7 Å². The minimum atomic E-state index is -0.486. The fourth-order valence-corrected chi connectivity index (χ4v) is 3.70. The van der Waals surface area contributed by atoms with E-state index in [1.165, 1.54) is 11.1 Å². The second-order valence-corrected chi connectivity index (χ2v) is 8.52. The van der Waals surface area contributed by atoms with Crippen molar-refractivity contribution in [2.24, 2.45) is 0 Å². The van der Waals surface area contributed by atoms with Gasteiger partial charge in [-0.05, 0) is 69.2 Å². The van der Waals surface area contributed by atoms with Crippen LogP contribution in [0.5, 0.6) is 0 Å². The summed E-state index contributed by atoms with van der Waals surface area (Å²) in [5.74, 6) is 0.349. The van der Waals surface area contributed by atoms with Crippen LogP contribution in [0, 0.1) is 0 Å². The molecule has 0 saturated carbocycles. The van der Waals surface area contributed by atoms with Crippen LogP contribution in [0.1, 0.15) is 71.4 Å². The lowest BCUT2D eigenvalue weighted by Crippen LogP contribution is -2.46. The molecule has 0 spiro atoms. The highest BCUT2D eigenvalue weighted by Crippen LogP contribution is 2.41. The van der Waals surface area contributed by atoms with Gasteiger partial charge in [-0.3, -0.25) is 4.90 Å². The third-order valence-electron chi connectivity index (χ3n) is 4.22. The molecule has 0 radical (unpaired) electrons. The number of benzene rings is 1. The van der Waals surface area contributed by atoms with Gasteiger partial charge in [-0.1, -0.05) is 36.7 Å². The van der Waals surface area contributed by atoms with E-state index in [0.717, 1.165) is 29.4 Å². The van der Waals surface area contributed by atoms with Crippen LogP contribution < -0.4 is 4.90 Å². The lowest BCUT2D eigenvalue weighted by Gasteiger charge is -2.39. The van der Waals surface area contributed by atoms with Crippen LogP contribution in [0.15, 0.2) is 16.6 Å². The largest absolute Gasteiger partial charge is 0.443 e. The van der Waals surface area contributed by atoms with Crippen molar-refractivity contribution in [3.8, 4) is 0 Å². The molecule has 1 aliphatic rings. The summed E-state index contributed by atoms with van der Waals surface area (Å²) in [7, 11) is 0. The number of hydrogen-bond donors (Lipinski definition) is 0. The second kappa shape index (κ2) is 6.84. The van der Waals surface area contributed by atoms with Crippen molar-refractivity contribution in [3.63, 3.8) is 0 Å². The zero-order valence-corrected chi connectivity index (χ0v) is 16.7. The molecule has 1 aromatic rings. The van der Waals surface area contributed by atoms with E-state index in [0.29, 0.717) is 5.92 Å². The molecule has 128 valence electrons. The Morgan fingerprint density at radius 1 is 1.39 bits per heavy atom. The van der Waals surface area contributed by atoms with Crippen molar-refractivity contribution < 1.29 is 9.53 Å². The normalized spacial score (nSPS) is 18.1. The molecule has 2 rings (SSSR count). The third kappa shape index (κ3) is 4.09. The Labute approximate surface area is 148 Å². The smallest absolute Gasteiger partial charge is 0.415 e. The van der Waals surface area contributed by atoms with Gasteiger partial charge in [0.1, 0.15) is 5.60 Å². The average molecular weight is 382 g/mol. The van der Waals surface area contributed by atoms with Crippen molar-refractivity contribution in [2.45, 2.75) is 78.4 Å². The first-order valence-corrected chi connectivity index (χ1v) is 9.27. The Morgan fingerprint density at radius 2 is 2.04 bits per heavy atom. The summed E-state index contributed by atoms with van der Waals surface area (Å²) in [6, 6.07) is 4.49. The number of nitrogens with zero attached hydrogens (tertiary/aromatic N) is 1. The quantitative estimate of drug-likeness (QED) is 0.624. The first-order chi connectivity index (χ1) is 10.6. The van der Waals surface area contributed by atoms with Crippen molar-refractivity contribution in [2.75, 3.05) is 4.90 Å². The average Bonchev–Trinajstić information content (AvgIpc) is 2.42. The second-order valence-electron chi connectivity index (χ2n) is 7.61. The number of carbonyl (C=O) groups excluding carboxylic acids is 1. The first-order valence-electron chi connectivity index (χ1n) is 8.48. The SMILES string of the molecule is CCC1CCc2cc(Br)cc(C(C)C)c2N1C(=O)OC(C)(C)C. The molecule has 0 fully saturated rings. The topological polar surface area (TPSA) is 29.5 Å². The summed E-state index contributed by atoms with van der Waals surface area (Å²) < 4.78 is 6.79. The summed E-state index contributed by atoms with van der Waals surface area (Å²) in [4.78, 5) is 14.8. The van der Waals surface area contributed by atoms with Crippen LogP contribution >= 0.6 is 15.9 Å². The van der Waals surface area contributed by atoms with Gasteiger partial charge in [0.05, 0.1) is 5.69 Å². The monoisotopic (exact) mass is 381 g/mol. The lowest BCUT2D eigenvalue weighted by atomic mass is 9.89. The van der Waals surface area contributed by atoms with Gasteiger partial charge in [0.15, 0.2) is 0 Å². The first kappa shape index (κ1) is 18.3. The molecule has 4 heteroatoms. The van der Waals surface area contributed by atoms with Crippen molar-refractivity contribution in [3.05, 3.63) is 27.7 Å². The minimum absolute atomic E-state index is 0.205. The maximum Gasteiger partial charge on any atom is 0.415 e. The highest BCUT2D eigenvalue weighted by Gasteiger charge is 2.35. The molecular weight excluding hydrogens is 354 g/mol. The van der Waals surface area contributed by atoms with Crippen LogP contribution in [-0.2, 0) is 11.2 Å². The number of halogens is 1. The maximum absolute atomic E-state index is 12.9. The van der Waals surface area contributed by atoms with Gasteiger partial charge >= 0.3 is 6.09 Å². The van der Waals surface area contributed by atoms with E-state index < -0.39 is 5.60 Å². The molecule has 1 aliphatic heterocycles. The van der Waals surface area contributed by atoms with Crippen LogP contribution in [-0.4, -0.2) is 17.7 Å². The van der Waals surface area contributed by atoms with Gasteiger partial charge in [-0.25, -0.2) is 4.79 Å². The highest BCUT2D eigenvalue weighted by atomic mass is 79.9. The molecular formula is C19H28BrNO2. The molecule has 0 aliphatic carbocycles. The fourth-order valence-electron chi connectivity index (χ4n) is 3.18. The van der Waals surface area contributed by atoms with Crippen molar-refractivity contribution in [1.29, 1.82) is 0 Å². The van der Waals surface area contributed by atoms with E-state index in [9.17, 15) is 4.79 Å². The van der Waals surface area contributed by atoms with E-state index in [4.69, 9.17) is 4.74 Å². The molecule has 1 unspecified atom stereocenters. The van der Waals surface area contributed by atoms with Crippen LogP contribution in [0.3, 0.4) is 0 Å². The number of anilines is 1. The molecule has 3 nitrogen and oxygen atoms in total. The minimum Gasteiger partial charge on any atom is -0.443 e. The van der Waals surface area contributed by atoms with Gasteiger partial charge in [0.25, 0.3) is 0 Å². The highest BCUT2D eigenvalue weighted by molar-refractivity contribution is 9.10. The summed E-state index contributed by atoms with van der Waals surface area (Å²) in [5.41, 5.74) is 3.02. The van der Waals surface area contributed by atoms with E-state index in [1.807, 2.05) is 25.7 Å². The van der Waals surface area contributed by atoms with Crippen molar-refractivity contribution in [1.82, 2.24) is 0 Å². The standard InChI is InChI=1S/C19H28BrNO2/c1-7-15-9-8-13-10-14(20)11-16(12(2)3)17(13)21(15)18(22)23-19(4,5)6/h10-12,15H,7-9H2,1-6H3. The summed E-state index contributed by atoms with van der Waals surface area (Å²) >= 11 is 3.61. The Morgan fingerprint density at radius 3 is 2.57 bits per heavy atom. The van der Waals surface area contributed by atoms with E-state index in [1.54, 1.807) is 0 Å². The summed E-state index contributed by atoms with van der Waals surface area (Å²) in [5, 5.41) is 0. The Kier molecular flexibility index (Phi) is 5.44. The number of aryl methyl sites for hydroxylation is 1. The molecule has 0 saturated heterocycles. The number of rotatable bonds is 2. The molecule has 1 aromatic carbocycles. The number of carbonyl (C=O) groups is 1. The number of hydrogen-bond acceptors (Lipinski definition) is 2. The van der Waals surface area contributed by atoms with E-state index >= 15 is 0 Å². The molecule has 1 atom stereocenters. The molecule has 0 bridgehead atoms. The Balaban J connectivity index is 2.55. The Hall–Kier alpha value is -1.03. The van der Waals surface area contributed by atoms with Crippen LogP contribution in [0.4, 0.5) is 10.5 Å². The number of fused-ring (bicyclic) bond motifs is 1. The van der Waals surface area contributed by atoms with Crippen LogP contribution in [0.2, 0.25) is 0 Å². The Bertz CT molecular complexity index is 590. The van der Waals surface area contributed by atoms with E-state index in [-0.39, 0.29) is 12.1 Å². The number of ether oxygens (including phenoxy) is 1. The molecule has 23 heavy (non-hydrogen) atoms. The predicted molar refractivity (Wildman–Crippen MR) is 99.3 cm³/mol. The molecule has 0 aromatic heterocycles. The van der Waals surface area contributed by atoms with Gasteiger partial charge < -0.3 is 4.74 Å². The summed E-state index contributed by atoms with van der Waals surface area (Å²) in [6.07, 6.45) is 2.70. The van der Waals surface area contributed by atoms with E-state index in [2.05, 4.69) is 48.8 Å². The predicted octanol–water partition coefficient (Wildman–Crippen LogP) is 6.04. The van der Waals surface area contributed by atoms with Gasteiger partial charge in [0, 0.05) is 10.5 Å². The fraction of sp³-hybridized carbons (Fsp3) is 0.632. The molecule has 1 amide bonds. The zero-order chi connectivity index (χ0) is 17.4. The maximum atomic E-state index is 12.9. The van der Waals surface area contributed by atoms with Gasteiger partial charge in [0.2, 0.25) is 0 Å². The zero-order valence-electron chi connectivity index (χ0n) is 15.1. The van der Waals surface area contributed by atoms with Gasteiger partial charge in [-0.15, -0.1) is 0 Å². The third-order valence-corrected chi connectivity index (χ3v) is 4.68. The molecule has 1 heterocycles. The lowest BCUT2D eigenvalue weighted by molar-refractivity contribution is 0.0559. The molecule has 0 N–H and O–H groups in total.